The summed E-state index contributed by atoms with van der Waals surface area (Å²) in [5.41, 5.74) is 1.45. The summed E-state index contributed by atoms with van der Waals surface area (Å²) in [4.78, 5) is 24.4. The highest BCUT2D eigenvalue weighted by molar-refractivity contribution is 5.90. The first-order valence-corrected chi connectivity index (χ1v) is 6.89. The Balaban J connectivity index is 2.24. The van der Waals surface area contributed by atoms with Gasteiger partial charge in [0.25, 0.3) is 0 Å². The van der Waals surface area contributed by atoms with Crippen LogP contribution in [0.2, 0.25) is 0 Å². The van der Waals surface area contributed by atoms with Crippen molar-refractivity contribution in [1.82, 2.24) is 4.90 Å². The van der Waals surface area contributed by atoms with Crippen LogP contribution in [0, 0.1) is 0 Å². The van der Waals surface area contributed by atoms with Gasteiger partial charge < -0.3 is 4.90 Å². The topological polar surface area (TPSA) is 53.3 Å². The Kier molecular flexibility index (Phi) is 4.73. The molecule has 0 radical (unpaired) electrons. The summed E-state index contributed by atoms with van der Waals surface area (Å²) < 4.78 is 89.2. The SMILES string of the molecule is CN1C=C[C@@H](c2ccc[n+](NC(=O)C(F)(F)C(F)(F)C(F)(F)F)c2)C1=O. The minimum Gasteiger partial charge on any atom is -0.322 e. The van der Waals surface area contributed by atoms with E-state index in [2.05, 4.69) is 0 Å². The number of rotatable bonds is 4. The van der Waals surface area contributed by atoms with Crippen LogP contribution >= 0.6 is 0 Å². The van der Waals surface area contributed by atoms with E-state index in [1.54, 1.807) is 0 Å². The van der Waals surface area contributed by atoms with Gasteiger partial charge in [-0.15, -0.1) is 5.43 Å². The summed E-state index contributed by atoms with van der Waals surface area (Å²) in [6, 6.07) is 2.58. The van der Waals surface area contributed by atoms with E-state index < -0.39 is 29.8 Å². The second-order valence-electron chi connectivity index (χ2n) is 5.40. The fourth-order valence-electron chi connectivity index (χ4n) is 2.10. The number of amides is 2. The second kappa shape index (κ2) is 6.25. The Bertz CT molecular complexity index is 761. The molecule has 0 saturated carbocycles. The van der Waals surface area contributed by atoms with Gasteiger partial charge >= 0.3 is 23.9 Å². The average molecular weight is 386 g/mol. The fourth-order valence-corrected chi connectivity index (χ4v) is 2.10. The van der Waals surface area contributed by atoms with Gasteiger partial charge in [0, 0.05) is 24.9 Å². The molecule has 0 saturated heterocycles. The lowest BCUT2D eigenvalue weighted by Gasteiger charge is -2.25. The number of halogens is 7. The van der Waals surface area contributed by atoms with Gasteiger partial charge in [0.05, 0.1) is 5.92 Å². The largest absolute Gasteiger partial charge is 0.460 e. The first-order valence-electron chi connectivity index (χ1n) is 6.89. The Morgan fingerprint density at radius 3 is 2.31 bits per heavy atom. The van der Waals surface area contributed by atoms with Crippen LogP contribution in [-0.4, -0.2) is 41.8 Å². The van der Waals surface area contributed by atoms with E-state index in [4.69, 9.17) is 0 Å². The zero-order valence-corrected chi connectivity index (χ0v) is 12.9. The third-order valence-corrected chi connectivity index (χ3v) is 3.56. The third kappa shape index (κ3) is 3.22. The number of hydrogen-bond acceptors (Lipinski definition) is 2. The van der Waals surface area contributed by atoms with Gasteiger partial charge in [0.15, 0.2) is 6.20 Å². The predicted octanol–water partition coefficient (Wildman–Crippen LogP) is 1.95. The van der Waals surface area contributed by atoms with Crippen LogP contribution < -0.4 is 10.1 Å². The van der Waals surface area contributed by atoms with Crippen LogP contribution in [0.4, 0.5) is 30.7 Å². The van der Waals surface area contributed by atoms with Crippen molar-refractivity contribution in [3.8, 4) is 0 Å². The lowest BCUT2D eigenvalue weighted by molar-refractivity contribution is -0.643. The van der Waals surface area contributed by atoms with E-state index >= 15 is 0 Å². The van der Waals surface area contributed by atoms with Crippen LogP contribution in [-0.2, 0) is 9.59 Å². The Labute approximate surface area is 141 Å². The van der Waals surface area contributed by atoms with Gasteiger partial charge in [-0.2, -0.15) is 30.7 Å². The van der Waals surface area contributed by atoms with Crippen LogP contribution in [0.5, 0.6) is 0 Å². The highest BCUT2D eigenvalue weighted by atomic mass is 19.4. The molecule has 2 heterocycles. The fraction of sp³-hybridized carbons (Fsp3) is 0.357. The monoisotopic (exact) mass is 386 g/mol. The molecule has 0 spiro atoms. The number of carbonyl (C=O) groups is 2. The average Bonchev–Trinajstić information content (AvgIpc) is 2.86. The van der Waals surface area contributed by atoms with Gasteiger partial charge in [0.2, 0.25) is 12.1 Å². The number of hydrogen-bond donors (Lipinski definition) is 1. The number of aromatic nitrogens is 1. The van der Waals surface area contributed by atoms with Crippen molar-refractivity contribution in [3.05, 3.63) is 42.4 Å². The Hall–Kier alpha value is -2.66. The second-order valence-corrected chi connectivity index (χ2v) is 5.40. The molecule has 5 nitrogen and oxygen atoms in total. The molecule has 1 N–H and O–H groups in total. The predicted molar refractivity (Wildman–Crippen MR) is 71.6 cm³/mol. The quantitative estimate of drug-likeness (QED) is 0.636. The number of nitrogens with zero attached hydrogens (tertiary/aromatic N) is 2. The molecular weight excluding hydrogens is 375 g/mol. The number of alkyl halides is 7. The highest BCUT2D eigenvalue weighted by Crippen LogP contribution is 2.46. The van der Waals surface area contributed by atoms with Crippen molar-refractivity contribution in [3.63, 3.8) is 0 Å². The molecule has 1 aromatic rings. The van der Waals surface area contributed by atoms with Crippen LogP contribution in [0.15, 0.2) is 36.8 Å². The molecule has 26 heavy (non-hydrogen) atoms. The van der Waals surface area contributed by atoms with Crippen molar-refractivity contribution in [2.45, 2.75) is 23.9 Å². The lowest BCUT2D eigenvalue weighted by Crippen LogP contribution is -2.62. The molecule has 1 aromatic heterocycles. The molecule has 2 amide bonds. The van der Waals surface area contributed by atoms with Gasteiger partial charge in [-0.1, -0.05) is 10.8 Å². The maximum absolute atomic E-state index is 13.3. The summed E-state index contributed by atoms with van der Waals surface area (Å²) in [6.07, 6.45) is -1.86. The van der Waals surface area contributed by atoms with Crippen molar-refractivity contribution in [2.75, 3.05) is 12.5 Å². The lowest BCUT2D eigenvalue weighted by atomic mass is 10.0. The van der Waals surface area contributed by atoms with E-state index in [9.17, 15) is 40.3 Å². The van der Waals surface area contributed by atoms with Gasteiger partial charge in [-0.05, 0) is 6.07 Å². The van der Waals surface area contributed by atoms with Crippen molar-refractivity contribution in [2.24, 2.45) is 0 Å². The molecule has 1 aliphatic heterocycles. The summed E-state index contributed by atoms with van der Waals surface area (Å²) in [6.45, 7) is 0. The number of likely N-dealkylation sites (N-methyl/N-ethyl adjacent to an activating group) is 1. The highest BCUT2D eigenvalue weighted by Gasteiger charge is 2.77. The standard InChI is InChI=1S/C14H10F7N3O2/c1-23-6-4-9(10(23)25)8-3-2-5-24(7-8)22-11(26)12(15,16)13(17,18)14(19,20)21/h2-7,9H,1H3/p+1/t9-/m0/s1. The first kappa shape index (κ1) is 19.7. The first-order chi connectivity index (χ1) is 11.8. The van der Waals surface area contributed by atoms with E-state index in [1.807, 2.05) is 0 Å². The van der Waals surface area contributed by atoms with Gasteiger partial charge in [0.1, 0.15) is 0 Å². The smallest absolute Gasteiger partial charge is 0.322 e. The molecule has 0 aromatic carbocycles. The molecule has 142 valence electrons. The van der Waals surface area contributed by atoms with Crippen molar-refractivity contribution in [1.29, 1.82) is 0 Å². The number of pyridine rings is 1. The maximum atomic E-state index is 13.3. The minimum atomic E-state index is -6.62. The molecular formula is C14H11F7N3O2+. The molecule has 0 bridgehead atoms. The molecule has 1 atom stereocenters. The van der Waals surface area contributed by atoms with E-state index in [1.165, 1.54) is 41.8 Å². The molecule has 12 heteroatoms. The van der Waals surface area contributed by atoms with Gasteiger partial charge in [-0.3, -0.25) is 9.59 Å². The van der Waals surface area contributed by atoms with Crippen LogP contribution in [0.3, 0.4) is 0 Å². The normalized spacial score (nSPS) is 18.4. The summed E-state index contributed by atoms with van der Waals surface area (Å²) in [5.74, 6) is -16.7. The van der Waals surface area contributed by atoms with Crippen LogP contribution in [0.25, 0.3) is 0 Å². The van der Waals surface area contributed by atoms with Crippen molar-refractivity contribution < 1.29 is 45.0 Å². The maximum Gasteiger partial charge on any atom is 0.460 e. The zero-order chi connectivity index (χ0) is 19.9. The number of carbonyl (C=O) groups excluding carboxylic acids is 2. The summed E-state index contributed by atoms with van der Waals surface area (Å²) >= 11 is 0. The summed E-state index contributed by atoms with van der Waals surface area (Å²) in [7, 11) is 1.46. The van der Waals surface area contributed by atoms with Crippen molar-refractivity contribution >= 4 is 11.8 Å². The Morgan fingerprint density at radius 2 is 1.81 bits per heavy atom. The molecule has 0 aliphatic carbocycles. The molecule has 0 unspecified atom stereocenters. The van der Waals surface area contributed by atoms with Crippen LogP contribution in [0.1, 0.15) is 11.5 Å². The van der Waals surface area contributed by atoms with E-state index in [-0.39, 0.29) is 11.5 Å². The van der Waals surface area contributed by atoms with Gasteiger partial charge in [-0.25, -0.2) is 0 Å². The summed E-state index contributed by atoms with van der Waals surface area (Å²) in [5, 5.41) is 0. The Morgan fingerprint density at radius 1 is 1.19 bits per heavy atom. The molecule has 2 rings (SSSR count). The minimum absolute atomic E-state index is 0.198. The number of nitrogens with one attached hydrogen (secondary N) is 1. The van der Waals surface area contributed by atoms with E-state index in [0.717, 1.165) is 12.4 Å². The molecule has 1 aliphatic rings. The zero-order valence-electron chi connectivity index (χ0n) is 12.9. The van der Waals surface area contributed by atoms with E-state index in [0.29, 0.717) is 4.68 Å². The molecule has 0 fully saturated rings. The third-order valence-electron chi connectivity index (χ3n) is 3.56.